The van der Waals surface area contributed by atoms with Crippen LogP contribution in [0.15, 0.2) is 28.8 Å². The Morgan fingerprint density at radius 2 is 2.00 bits per heavy atom. The normalized spacial score (nSPS) is 10.3. The van der Waals surface area contributed by atoms with Gasteiger partial charge in [-0.05, 0) is 38.5 Å². The summed E-state index contributed by atoms with van der Waals surface area (Å²) in [6.45, 7) is 5.75. The molecule has 0 fully saturated rings. The van der Waals surface area contributed by atoms with Gasteiger partial charge in [0.2, 0.25) is 0 Å². The predicted molar refractivity (Wildman–Crippen MR) is 103 cm³/mol. The Balaban J connectivity index is 1.82. The van der Waals surface area contributed by atoms with Crippen molar-refractivity contribution >= 4 is 17.9 Å². The van der Waals surface area contributed by atoms with Crippen molar-refractivity contribution in [3.8, 4) is 5.75 Å². The Hall–Kier alpha value is -3.36. The molecular formula is C20H25N3O6. The van der Waals surface area contributed by atoms with Crippen LogP contribution in [0.25, 0.3) is 0 Å². The van der Waals surface area contributed by atoms with Gasteiger partial charge in [-0.3, -0.25) is 10.1 Å². The molecule has 1 heterocycles. The summed E-state index contributed by atoms with van der Waals surface area (Å²) < 4.78 is 15.7. The number of imide groups is 1. The fourth-order valence-corrected chi connectivity index (χ4v) is 2.38. The number of unbranched alkanes of at least 4 members (excludes halogenated alkanes) is 1. The molecule has 0 aliphatic heterocycles. The highest BCUT2D eigenvalue weighted by molar-refractivity contribution is 5.97. The van der Waals surface area contributed by atoms with Gasteiger partial charge < -0.3 is 19.3 Å². The average molecular weight is 403 g/mol. The lowest BCUT2D eigenvalue weighted by Gasteiger charge is -2.09. The van der Waals surface area contributed by atoms with E-state index in [1.807, 2.05) is 13.8 Å². The van der Waals surface area contributed by atoms with Crippen LogP contribution in [0.3, 0.4) is 0 Å². The van der Waals surface area contributed by atoms with Crippen molar-refractivity contribution in [3.05, 3.63) is 46.8 Å². The molecule has 3 amide bonds. The van der Waals surface area contributed by atoms with E-state index in [1.165, 1.54) is 6.07 Å². The van der Waals surface area contributed by atoms with Gasteiger partial charge in [-0.2, -0.15) is 0 Å². The Bertz CT molecular complexity index is 842. The van der Waals surface area contributed by atoms with E-state index in [0.29, 0.717) is 18.1 Å². The molecule has 0 saturated heterocycles. The maximum absolute atomic E-state index is 12.2. The number of hydrogen-bond donors (Lipinski definition) is 2. The van der Waals surface area contributed by atoms with E-state index in [0.717, 1.165) is 24.1 Å². The van der Waals surface area contributed by atoms with Crippen LogP contribution in [-0.4, -0.2) is 36.2 Å². The molecule has 0 spiro atoms. The van der Waals surface area contributed by atoms with Gasteiger partial charge in [0.15, 0.2) is 6.61 Å². The molecule has 1 aromatic carbocycles. The van der Waals surface area contributed by atoms with Gasteiger partial charge in [0.25, 0.3) is 5.91 Å². The van der Waals surface area contributed by atoms with Gasteiger partial charge >= 0.3 is 12.0 Å². The minimum absolute atomic E-state index is 0.224. The van der Waals surface area contributed by atoms with Gasteiger partial charge in [0.1, 0.15) is 18.1 Å². The van der Waals surface area contributed by atoms with E-state index in [4.69, 9.17) is 14.0 Å². The molecule has 9 heteroatoms. The highest BCUT2D eigenvalue weighted by Crippen LogP contribution is 2.19. The molecule has 1 aromatic heterocycles. The van der Waals surface area contributed by atoms with Crippen LogP contribution in [0.5, 0.6) is 5.75 Å². The van der Waals surface area contributed by atoms with Crippen LogP contribution in [0.2, 0.25) is 0 Å². The Labute approximate surface area is 168 Å². The zero-order valence-electron chi connectivity index (χ0n) is 16.7. The maximum atomic E-state index is 12.2. The lowest BCUT2D eigenvalue weighted by Crippen LogP contribution is -2.41. The molecule has 2 aromatic rings. The molecule has 0 bridgehead atoms. The zero-order chi connectivity index (χ0) is 21.2. The van der Waals surface area contributed by atoms with Crippen molar-refractivity contribution in [3.63, 3.8) is 0 Å². The van der Waals surface area contributed by atoms with Crippen molar-refractivity contribution < 1.29 is 28.4 Å². The number of aryl methyl sites for hydroxylation is 2. The summed E-state index contributed by atoms with van der Waals surface area (Å²) in [5.74, 6) is -0.283. The number of urea groups is 1. The number of hydrogen-bond acceptors (Lipinski definition) is 7. The average Bonchev–Trinajstić information content (AvgIpc) is 3.02. The summed E-state index contributed by atoms with van der Waals surface area (Å²) in [5, 5.41) is 8.49. The minimum Gasteiger partial charge on any atom is -0.489 e. The molecule has 0 aliphatic rings. The third-order valence-electron chi connectivity index (χ3n) is 4.04. The highest BCUT2D eigenvalue weighted by atomic mass is 16.5. The number of ether oxygens (including phenoxy) is 2. The number of nitrogens with one attached hydrogen (secondary N) is 2. The number of rotatable bonds is 9. The number of carbonyl (C=O) groups is 3. The van der Waals surface area contributed by atoms with Crippen molar-refractivity contribution in [1.82, 2.24) is 15.8 Å². The van der Waals surface area contributed by atoms with E-state index in [-0.39, 0.29) is 12.2 Å². The summed E-state index contributed by atoms with van der Waals surface area (Å²) in [6.07, 6.45) is 1.73. The molecule has 156 valence electrons. The van der Waals surface area contributed by atoms with Crippen LogP contribution in [0.1, 0.15) is 47.1 Å². The van der Waals surface area contributed by atoms with Crippen molar-refractivity contribution in [1.29, 1.82) is 0 Å². The molecule has 0 unspecified atom stereocenters. The number of benzene rings is 1. The fraction of sp³-hybridized carbons (Fsp3) is 0.400. The quantitative estimate of drug-likeness (QED) is 0.488. The molecule has 2 rings (SSSR count). The predicted octanol–water partition coefficient (Wildman–Crippen LogP) is 2.65. The first-order valence-electron chi connectivity index (χ1n) is 9.30. The van der Waals surface area contributed by atoms with E-state index in [1.54, 1.807) is 25.1 Å². The van der Waals surface area contributed by atoms with Crippen molar-refractivity contribution in [2.24, 2.45) is 0 Å². The monoisotopic (exact) mass is 403 g/mol. The van der Waals surface area contributed by atoms with E-state index >= 15 is 0 Å². The lowest BCUT2D eigenvalue weighted by molar-refractivity contribution is -0.123. The second-order valence-electron chi connectivity index (χ2n) is 6.35. The van der Waals surface area contributed by atoms with Crippen molar-refractivity contribution in [2.75, 3.05) is 13.2 Å². The minimum atomic E-state index is -0.710. The standard InChI is InChI=1S/C20H25N3O6/c1-4-5-9-21-20(26)22-18(24)12-28-19(25)15-7-6-8-16(10-15)27-11-17-13(2)23-29-14(17)3/h6-8,10H,4-5,9,11-12H2,1-3H3,(H2,21,22,24,26). The number of nitrogens with zero attached hydrogens (tertiary/aromatic N) is 1. The van der Waals surface area contributed by atoms with Gasteiger partial charge in [-0.15, -0.1) is 0 Å². The van der Waals surface area contributed by atoms with Gasteiger partial charge in [0, 0.05) is 6.54 Å². The number of esters is 1. The molecule has 0 radical (unpaired) electrons. The maximum Gasteiger partial charge on any atom is 0.338 e. The molecular weight excluding hydrogens is 378 g/mol. The van der Waals surface area contributed by atoms with Crippen molar-refractivity contribution in [2.45, 2.75) is 40.2 Å². The topological polar surface area (TPSA) is 120 Å². The Kier molecular flexibility index (Phi) is 8.20. The Morgan fingerprint density at radius 1 is 1.21 bits per heavy atom. The summed E-state index contributed by atoms with van der Waals surface area (Å²) in [7, 11) is 0. The van der Waals surface area contributed by atoms with Crippen LogP contribution in [0.4, 0.5) is 4.79 Å². The van der Waals surface area contributed by atoms with Gasteiger partial charge in [-0.25, -0.2) is 9.59 Å². The van der Waals surface area contributed by atoms with E-state index in [9.17, 15) is 14.4 Å². The Morgan fingerprint density at radius 3 is 2.69 bits per heavy atom. The molecule has 29 heavy (non-hydrogen) atoms. The summed E-state index contributed by atoms with van der Waals surface area (Å²) >= 11 is 0. The molecule has 0 aliphatic carbocycles. The fourth-order valence-electron chi connectivity index (χ4n) is 2.38. The zero-order valence-corrected chi connectivity index (χ0v) is 16.7. The highest BCUT2D eigenvalue weighted by Gasteiger charge is 2.14. The van der Waals surface area contributed by atoms with E-state index in [2.05, 4.69) is 15.8 Å². The van der Waals surface area contributed by atoms with Gasteiger partial charge in [0.05, 0.1) is 16.8 Å². The third-order valence-corrected chi connectivity index (χ3v) is 4.04. The third kappa shape index (κ3) is 6.95. The summed E-state index contributed by atoms with van der Waals surface area (Å²) in [4.78, 5) is 35.3. The SMILES string of the molecule is CCCCNC(=O)NC(=O)COC(=O)c1cccc(OCc2c(C)noc2C)c1. The molecule has 9 nitrogen and oxygen atoms in total. The van der Waals surface area contributed by atoms with Crippen LogP contribution >= 0.6 is 0 Å². The first-order chi connectivity index (χ1) is 13.9. The first kappa shape index (κ1) is 21.9. The second-order valence-corrected chi connectivity index (χ2v) is 6.35. The number of carbonyl (C=O) groups excluding carboxylic acids is 3. The lowest BCUT2D eigenvalue weighted by atomic mass is 10.2. The first-order valence-corrected chi connectivity index (χ1v) is 9.30. The van der Waals surface area contributed by atoms with Crippen LogP contribution < -0.4 is 15.4 Å². The summed E-state index contributed by atoms with van der Waals surface area (Å²) in [5.41, 5.74) is 1.80. The molecule has 2 N–H and O–H groups in total. The van der Waals surface area contributed by atoms with Crippen LogP contribution in [0, 0.1) is 13.8 Å². The van der Waals surface area contributed by atoms with Gasteiger partial charge in [-0.1, -0.05) is 24.6 Å². The molecule has 0 saturated carbocycles. The van der Waals surface area contributed by atoms with E-state index < -0.39 is 24.5 Å². The second kappa shape index (κ2) is 10.8. The molecule has 0 atom stereocenters. The van der Waals surface area contributed by atoms with Crippen LogP contribution in [-0.2, 0) is 16.1 Å². The largest absolute Gasteiger partial charge is 0.489 e. The number of amides is 3. The smallest absolute Gasteiger partial charge is 0.338 e. The summed E-state index contributed by atoms with van der Waals surface area (Å²) in [6, 6.07) is 5.77. The number of aromatic nitrogens is 1.